The zero-order valence-electron chi connectivity index (χ0n) is 11.8. The van der Waals surface area contributed by atoms with Crippen molar-refractivity contribution >= 4 is 17.5 Å². The molecule has 1 heterocycles. The molecule has 0 bridgehead atoms. The average molecular weight is 289 g/mol. The lowest BCUT2D eigenvalue weighted by Gasteiger charge is -2.17. The van der Waals surface area contributed by atoms with Gasteiger partial charge < -0.3 is 15.8 Å². The second-order valence-corrected chi connectivity index (χ2v) is 4.58. The van der Waals surface area contributed by atoms with E-state index in [1.807, 2.05) is 6.92 Å². The van der Waals surface area contributed by atoms with Gasteiger partial charge in [0, 0.05) is 0 Å². The number of pyridine rings is 1. The molecule has 1 aromatic heterocycles. The predicted octanol–water partition coefficient (Wildman–Crippen LogP) is 2.76. The van der Waals surface area contributed by atoms with Crippen molar-refractivity contribution in [1.82, 2.24) is 4.98 Å². The summed E-state index contributed by atoms with van der Waals surface area (Å²) in [5, 5.41) is 3.06. The molecule has 1 unspecified atom stereocenters. The molecule has 0 radical (unpaired) electrons. The molecule has 110 valence electrons. The summed E-state index contributed by atoms with van der Waals surface area (Å²) in [7, 11) is 1.28. The van der Waals surface area contributed by atoms with E-state index in [1.165, 1.54) is 31.5 Å². The molecule has 0 fully saturated rings. The lowest BCUT2D eigenvalue weighted by Crippen LogP contribution is -2.14. The zero-order chi connectivity index (χ0) is 15.4. The average Bonchev–Trinajstić information content (AvgIpc) is 2.48. The molecule has 2 rings (SSSR count). The fourth-order valence-corrected chi connectivity index (χ4v) is 1.93. The molecule has 0 saturated heterocycles. The number of aromatic nitrogens is 1. The third-order valence-electron chi connectivity index (χ3n) is 3.02. The lowest BCUT2D eigenvalue weighted by molar-refractivity contribution is 0.0601. The number of carbonyl (C=O) groups excluding carboxylic acids is 1. The van der Waals surface area contributed by atoms with Crippen LogP contribution >= 0.6 is 0 Å². The van der Waals surface area contributed by atoms with Gasteiger partial charge in [-0.15, -0.1) is 0 Å². The molecule has 0 aliphatic carbocycles. The molecule has 1 aromatic carbocycles. The molecule has 0 saturated carbocycles. The lowest BCUT2D eigenvalue weighted by atomic mass is 10.1. The molecule has 2 aromatic rings. The molecular weight excluding hydrogens is 273 g/mol. The number of anilines is 2. The summed E-state index contributed by atoms with van der Waals surface area (Å²) < 4.78 is 18.0. The molecule has 0 aliphatic rings. The maximum Gasteiger partial charge on any atom is 0.341 e. The van der Waals surface area contributed by atoms with Gasteiger partial charge in [0.25, 0.3) is 0 Å². The molecular formula is C15H16FN3O2. The third kappa shape index (κ3) is 3.47. The Balaban J connectivity index is 2.28. The van der Waals surface area contributed by atoms with Crippen LogP contribution in [0.25, 0.3) is 0 Å². The Kier molecular flexibility index (Phi) is 4.37. The molecule has 3 N–H and O–H groups in total. The fourth-order valence-electron chi connectivity index (χ4n) is 1.93. The minimum atomic E-state index is -0.538. The van der Waals surface area contributed by atoms with Crippen molar-refractivity contribution in [1.29, 1.82) is 0 Å². The molecule has 1 atom stereocenters. The van der Waals surface area contributed by atoms with Crippen LogP contribution in [-0.4, -0.2) is 18.1 Å². The minimum Gasteiger partial charge on any atom is -0.465 e. The van der Waals surface area contributed by atoms with Gasteiger partial charge in [-0.25, -0.2) is 14.2 Å². The second kappa shape index (κ2) is 6.21. The standard InChI is InChI=1S/C15H16FN3O2/c1-9(10-4-3-5-11(16)6-10)19-14-13(15(20)21-2)7-12(17)8-18-14/h3-9H,17H2,1-2H3,(H,18,19). The summed E-state index contributed by atoms with van der Waals surface area (Å²) in [6, 6.07) is 7.46. The first-order valence-electron chi connectivity index (χ1n) is 6.37. The largest absolute Gasteiger partial charge is 0.465 e. The third-order valence-corrected chi connectivity index (χ3v) is 3.02. The van der Waals surface area contributed by atoms with Gasteiger partial charge in [0.2, 0.25) is 0 Å². The van der Waals surface area contributed by atoms with Crippen LogP contribution in [0, 0.1) is 5.82 Å². The topological polar surface area (TPSA) is 77.2 Å². The van der Waals surface area contributed by atoms with Gasteiger partial charge in [0.15, 0.2) is 0 Å². The summed E-state index contributed by atoms with van der Waals surface area (Å²) in [5.41, 5.74) is 6.97. The van der Waals surface area contributed by atoms with Crippen LogP contribution in [0.3, 0.4) is 0 Å². The predicted molar refractivity (Wildman–Crippen MR) is 78.4 cm³/mol. The highest BCUT2D eigenvalue weighted by atomic mass is 19.1. The number of esters is 1. The molecule has 0 aliphatic heterocycles. The number of halogens is 1. The highest BCUT2D eigenvalue weighted by Crippen LogP contribution is 2.23. The first-order chi connectivity index (χ1) is 10.0. The van der Waals surface area contributed by atoms with Gasteiger partial charge in [-0.2, -0.15) is 0 Å². The minimum absolute atomic E-state index is 0.236. The van der Waals surface area contributed by atoms with Crippen molar-refractivity contribution in [2.75, 3.05) is 18.2 Å². The van der Waals surface area contributed by atoms with Crippen molar-refractivity contribution < 1.29 is 13.9 Å². The van der Waals surface area contributed by atoms with Crippen molar-refractivity contribution in [2.45, 2.75) is 13.0 Å². The number of ether oxygens (including phenoxy) is 1. The first kappa shape index (κ1) is 14.8. The SMILES string of the molecule is COC(=O)c1cc(N)cnc1NC(C)c1cccc(F)c1. The molecule has 0 spiro atoms. The Hall–Kier alpha value is -2.63. The van der Waals surface area contributed by atoms with Crippen molar-refractivity contribution in [3.8, 4) is 0 Å². The molecule has 5 nitrogen and oxygen atoms in total. The van der Waals surface area contributed by atoms with Crippen LogP contribution in [-0.2, 0) is 4.74 Å². The summed E-state index contributed by atoms with van der Waals surface area (Å²) in [6.45, 7) is 1.84. The van der Waals surface area contributed by atoms with Crippen LogP contribution in [0.5, 0.6) is 0 Å². The van der Waals surface area contributed by atoms with Crippen LogP contribution in [0.2, 0.25) is 0 Å². The van der Waals surface area contributed by atoms with E-state index in [2.05, 4.69) is 10.3 Å². The van der Waals surface area contributed by atoms with Gasteiger partial charge in [0.05, 0.1) is 25.0 Å². The summed E-state index contributed by atoms with van der Waals surface area (Å²) in [4.78, 5) is 15.8. The van der Waals surface area contributed by atoms with Crippen molar-refractivity contribution in [3.63, 3.8) is 0 Å². The normalized spacial score (nSPS) is 11.8. The number of nitrogens with two attached hydrogens (primary N) is 1. The number of hydrogen-bond acceptors (Lipinski definition) is 5. The summed E-state index contributed by atoms with van der Waals surface area (Å²) >= 11 is 0. The van der Waals surface area contributed by atoms with E-state index >= 15 is 0 Å². The van der Waals surface area contributed by atoms with Gasteiger partial charge in [-0.3, -0.25) is 0 Å². The zero-order valence-corrected chi connectivity index (χ0v) is 11.8. The van der Waals surface area contributed by atoms with E-state index in [9.17, 15) is 9.18 Å². The molecule has 6 heteroatoms. The number of nitrogens with zero attached hydrogens (tertiary/aromatic N) is 1. The van der Waals surface area contributed by atoms with Crippen molar-refractivity contribution in [2.24, 2.45) is 0 Å². The first-order valence-corrected chi connectivity index (χ1v) is 6.37. The van der Waals surface area contributed by atoms with E-state index in [0.717, 1.165) is 5.56 Å². The van der Waals surface area contributed by atoms with E-state index < -0.39 is 5.97 Å². The molecule has 0 amide bonds. The van der Waals surface area contributed by atoms with Gasteiger partial charge in [0.1, 0.15) is 17.2 Å². The highest BCUT2D eigenvalue weighted by molar-refractivity contribution is 5.95. The fraction of sp³-hybridized carbons (Fsp3) is 0.200. The van der Waals surface area contributed by atoms with Gasteiger partial charge in [-0.05, 0) is 30.7 Å². The summed E-state index contributed by atoms with van der Waals surface area (Å²) in [6.07, 6.45) is 1.44. The number of nitrogen functional groups attached to an aromatic ring is 1. The highest BCUT2D eigenvalue weighted by Gasteiger charge is 2.16. The second-order valence-electron chi connectivity index (χ2n) is 4.58. The Morgan fingerprint density at radius 2 is 2.19 bits per heavy atom. The van der Waals surface area contributed by atoms with E-state index in [1.54, 1.807) is 12.1 Å². The van der Waals surface area contributed by atoms with Crippen LogP contribution in [0.1, 0.15) is 28.9 Å². The quantitative estimate of drug-likeness (QED) is 0.846. The van der Waals surface area contributed by atoms with E-state index in [-0.39, 0.29) is 17.4 Å². The maximum absolute atomic E-state index is 13.2. The smallest absolute Gasteiger partial charge is 0.341 e. The number of nitrogens with one attached hydrogen (secondary N) is 1. The van der Waals surface area contributed by atoms with Gasteiger partial charge in [-0.1, -0.05) is 12.1 Å². The number of benzene rings is 1. The Morgan fingerprint density at radius 1 is 1.43 bits per heavy atom. The molecule has 21 heavy (non-hydrogen) atoms. The Morgan fingerprint density at radius 3 is 2.86 bits per heavy atom. The van der Waals surface area contributed by atoms with Crippen LogP contribution < -0.4 is 11.1 Å². The van der Waals surface area contributed by atoms with Gasteiger partial charge >= 0.3 is 5.97 Å². The monoisotopic (exact) mass is 289 g/mol. The Bertz CT molecular complexity index is 661. The number of rotatable bonds is 4. The number of methoxy groups -OCH3 is 1. The summed E-state index contributed by atoms with van der Waals surface area (Å²) in [5.74, 6) is -0.517. The van der Waals surface area contributed by atoms with E-state index in [0.29, 0.717) is 11.5 Å². The van der Waals surface area contributed by atoms with Crippen molar-refractivity contribution in [3.05, 3.63) is 53.5 Å². The van der Waals surface area contributed by atoms with Crippen LogP contribution in [0.4, 0.5) is 15.9 Å². The van der Waals surface area contributed by atoms with Crippen LogP contribution in [0.15, 0.2) is 36.5 Å². The maximum atomic E-state index is 13.2. The Labute approximate surface area is 121 Å². The van der Waals surface area contributed by atoms with E-state index in [4.69, 9.17) is 10.5 Å². The number of hydrogen-bond donors (Lipinski definition) is 2. The number of carbonyl (C=O) groups is 1.